The van der Waals surface area contributed by atoms with Crippen LogP contribution >= 0.6 is 35.4 Å². The fourth-order valence-corrected chi connectivity index (χ4v) is 2.78. The molecule has 0 bridgehead atoms. The first kappa shape index (κ1) is 17.6. The van der Waals surface area contributed by atoms with Crippen LogP contribution in [0.4, 0.5) is 4.39 Å². The first-order valence-corrected chi connectivity index (χ1v) is 8.27. The van der Waals surface area contributed by atoms with Crippen LogP contribution in [0.25, 0.3) is 5.69 Å². The van der Waals surface area contributed by atoms with Crippen LogP contribution < -0.4 is 5.32 Å². The van der Waals surface area contributed by atoms with Gasteiger partial charge in [0.15, 0.2) is 10.6 Å². The van der Waals surface area contributed by atoms with Gasteiger partial charge in [-0.15, -0.1) is 0 Å². The first-order valence-electron chi connectivity index (χ1n) is 7.11. The van der Waals surface area contributed by atoms with E-state index in [-0.39, 0.29) is 12.1 Å². The van der Waals surface area contributed by atoms with Crippen molar-refractivity contribution in [3.8, 4) is 5.69 Å². The van der Waals surface area contributed by atoms with Crippen LogP contribution in [0, 0.1) is 10.6 Å². The van der Waals surface area contributed by atoms with E-state index in [4.69, 9.17) is 35.4 Å². The average molecular weight is 397 g/mol. The fraction of sp³-hybridized carbons (Fsp3) is 0.0625. The van der Waals surface area contributed by atoms with E-state index in [2.05, 4.69) is 15.5 Å². The van der Waals surface area contributed by atoms with Crippen molar-refractivity contribution in [2.24, 2.45) is 0 Å². The predicted molar refractivity (Wildman–Crippen MR) is 96.3 cm³/mol. The van der Waals surface area contributed by atoms with Crippen LogP contribution in [0.3, 0.4) is 0 Å². The predicted octanol–water partition coefficient (Wildman–Crippen LogP) is 4.31. The summed E-state index contributed by atoms with van der Waals surface area (Å²) in [5.74, 6) is -0.437. The Morgan fingerprint density at radius 2 is 2.04 bits per heavy atom. The lowest BCUT2D eigenvalue weighted by atomic mass is 10.2. The molecule has 0 aliphatic heterocycles. The van der Waals surface area contributed by atoms with E-state index < -0.39 is 11.7 Å². The third-order valence-corrected chi connectivity index (χ3v) is 4.41. The Balaban J connectivity index is 1.83. The van der Waals surface area contributed by atoms with Gasteiger partial charge in [-0.05, 0) is 48.6 Å². The number of hydrogen-bond acceptors (Lipinski definition) is 3. The lowest BCUT2D eigenvalue weighted by molar-refractivity contribution is 0.0949. The minimum absolute atomic E-state index is 0.0860. The molecular formula is C16H11Cl2FN4OS. The Morgan fingerprint density at radius 3 is 2.76 bits per heavy atom. The number of aromatic nitrogens is 3. The third-order valence-electron chi connectivity index (χ3n) is 3.40. The number of aromatic amines is 1. The molecule has 0 atom stereocenters. The number of carbonyl (C=O) groups excluding carboxylic acids is 1. The highest BCUT2D eigenvalue weighted by Crippen LogP contribution is 2.25. The van der Waals surface area contributed by atoms with Gasteiger partial charge in [0.25, 0.3) is 5.91 Å². The van der Waals surface area contributed by atoms with E-state index in [0.29, 0.717) is 26.3 Å². The SMILES string of the molecule is O=C(NCc1n[nH]c(=S)n1-c1ccc(Cl)c(Cl)c1)c1cccc(F)c1. The van der Waals surface area contributed by atoms with Gasteiger partial charge in [0.1, 0.15) is 5.82 Å². The van der Waals surface area contributed by atoms with Gasteiger partial charge in [-0.25, -0.2) is 4.39 Å². The van der Waals surface area contributed by atoms with Gasteiger partial charge >= 0.3 is 0 Å². The fourth-order valence-electron chi connectivity index (χ4n) is 2.23. The molecule has 9 heteroatoms. The Kier molecular flexibility index (Phi) is 5.17. The molecule has 3 aromatic rings. The molecule has 0 aliphatic carbocycles. The highest BCUT2D eigenvalue weighted by atomic mass is 35.5. The molecule has 0 radical (unpaired) electrons. The highest BCUT2D eigenvalue weighted by Gasteiger charge is 2.12. The van der Waals surface area contributed by atoms with E-state index in [9.17, 15) is 9.18 Å². The van der Waals surface area contributed by atoms with Gasteiger partial charge in [-0.2, -0.15) is 5.10 Å². The van der Waals surface area contributed by atoms with Crippen molar-refractivity contribution in [2.75, 3.05) is 0 Å². The molecule has 0 fully saturated rings. The van der Waals surface area contributed by atoms with E-state index in [1.807, 2.05) is 0 Å². The maximum atomic E-state index is 13.2. The van der Waals surface area contributed by atoms with Crippen molar-refractivity contribution < 1.29 is 9.18 Å². The maximum absolute atomic E-state index is 13.2. The average Bonchev–Trinajstić information content (AvgIpc) is 2.96. The molecule has 0 spiro atoms. The number of halogens is 3. The Labute approximate surface area is 157 Å². The molecule has 3 rings (SSSR count). The lowest BCUT2D eigenvalue weighted by Crippen LogP contribution is -2.24. The molecule has 2 aromatic carbocycles. The van der Waals surface area contributed by atoms with Crippen LogP contribution in [0.5, 0.6) is 0 Å². The van der Waals surface area contributed by atoms with Crippen molar-refractivity contribution >= 4 is 41.3 Å². The van der Waals surface area contributed by atoms with Crippen LogP contribution in [0.2, 0.25) is 10.0 Å². The zero-order valence-electron chi connectivity index (χ0n) is 12.6. The summed E-state index contributed by atoms with van der Waals surface area (Å²) in [6.45, 7) is 0.0860. The van der Waals surface area contributed by atoms with Crippen molar-refractivity contribution in [1.29, 1.82) is 0 Å². The number of benzene rings is 2. The second-order valence-corrected chi connectivity index (χ2v) is 6.27. The minimum Gasteiger partial charge on any atom is -0.345 e. The molecule has 128 valence electrons. The number of H-pyrrole nitrogens is 1. The molecular weight excluding hydrogens is 386 g/mol. The number of rotatable bonds is 4. The van der Waals surface area contributed by atoms with Crippen molar-refractivity contribution in [2.45, 2.75) is 6.54 Å². The Bertz CT molecular complexity index is 1000. The zero-order chi connectivity index (χ0) is 18.0. The van der Waals surface area contributed by atoms with E-state index in [1.54, 1.807) is 22.8 Å². The molecule has 1 aromatic heterocycles. The standard InChI is InChI=1S/C16H11Cl2FN4OS/c17-12-5-4-11(7-13(12)18)23-14(21-22-16(23)25)8-20-15(24)9-2-1-3-10(19)6-9/h1-7H,8H2,(H,20,24)(H,22,25). The summed E-state index contributed by atoms with van der Waals surface area (Å²) < 4.78 is 15.2. The van der Waals surface area contributed by atoms with Gasteiger partial charge in [-0.3, -0.25) is 14.5 Å². The molecule has 5 nitrogen and oxygen atoms in total. The molecule has 1 heterocycles. The molecule has 0 saturated carbocycles. The smallest absolute Gasteiger partial charge is 0.251 e. The van der Waals surface area contributed by atoms with Gasteiger partial charge in [0.2, 0.25) is 0 Å². The van der Waals surface area contributed by atoms with E-state index >= 15 is 0 Å². The normalized spacial score (nSPS) is 10.7. The lowest BCUT2D eigenvalue weighted by Gasteiger charge is -2.09. The number of nitrogens with zero attached hydrogens (tertiary/aromatic N) is 2. The molecule has 1 amide bonds. The van der Waals surface area contributed by atoms with E-state index in [1.165, 1.54) is 18.2 Å². The summed E-state index contributed by atoms with van der Waals surface area (Å²) in [7, 11) is 0. The monoisotopic (exact) mass is 396 g/mol. The summed E-state index contributed by atoms with van der Waals surface area (Å²) in [6.07, 6.45) is 0. The third kappa shape index (κ3) is 3.89. The second kappa shape index (κ2) is 7.35. The highest BCUT2D eigenvalue weighted by molar-refractivity contribution is 7.71. The molecule has 0 unspecified atom stereocenters. The molecule has 2 N–H and O–H groups in total. The molecule has 0 saturated heterocycles. The van der Waals surface area contributed by atoms with Gasteiger partial charge in [0.05, 0.1) is 22.3 Å². The largest absolute Gasteiger partial charge is 0.345 e. The Hall–Kier alpha value is -2.22. The zero-order valence-corrected chi connectivity index (χ0v) is 14.9. The van der Waals surface area contributed by atoms with Crippen molar-refractivity contribution in [1.82, 2.24) is 20.1 Å². The number of nitrogens with one attached hydrogen (secondary N) is 2. The summed E-state index contributed by atoms with van der Waals surface area (Å²) in [4.78, 5) is 12.1. The number of amides is 1. The van der Waals surface area contributed by atoms with Gasteiger partial charge < -0.3 is 5.32 Å². The van der Waals surface area contributed by atoms with Crippen molar-refractivity contribution in [3.63, 3.8) is 0 Å². The van der Waals surface area contributed by atoms with Crippen LogP contribution in [-0.2, 0) is 6.54 Å². The van der Waals surface area contributed by atoms with Crippen LogP contribution in [-0.4, -0.2) is 20.7 Å². The maximum Gasteiger partial charge on any atom is 0.251 e. The van der Waals surface area contributed by atoms with Crippen LogP contribution in [0.15, 0.2) is 42.5 Å². The molecule has 0 aliphatic rings. The Morgan fingerprint density at radius 1 is 1.24 bits per heavy atom. The topological polar surface area (TPSA) is 62.7 Å². The quantitative estimate of drug-likeness (QED) is 0.645. The molecule has 25 heavy (non-hydrogen) atoms. The van der Waals surface area contributed by atoms with Gasteiger partial charge in [-0.1, -0.05) is 29.3 Å². The summed E-state index contributed by atoms with van der Waals surface area (Å²) in [5.41, 5.74) is 0.873. The summed E-state index contributed by atoms with van der Waals surface area (Å²) in [6, 6.07) is 10.4. The van der Waals surface area contributed by atoms with E-state index in [0.717, 1.165) is 6.07 Å². The van der Waals surface area contributed by atoms with Crippen molar-refractivity contribution in [3.05, 3.63) is 74.5 Å². The summed E-state index contributed by atoms with van der Waals surface area (Å²) >= 11 is 17.2. The summed E-state index contributed by atoms with van der Waals surface area (Å²) in [5, 5.41) is 10.2. The number of hydrogen-bond donors (Lipinski definition) is 2. The minimum atomic E-state index is -0.480. The van der Waals surface area contributed by atoms with Crippen LogP contribution in [0.1, 0.15) is 16.2 Å². The number of carbonyl (C=O) groups is 1. The van der Waals surface area contributed by atoms with Gasteiger partial charge in [0, 0.05) is 5.56 Å². The first-order chi connectivity index (χ1) is 12.0. The second-order valence-electron chi connectivity index (χ2n) is 5.07.